The normalized spacial score (nSPS) is 14.9. The summed E-state index contributed by atoms with van der Waals surface area (Å²) in [7, 11) is 1.75. The summed E-state index contributed by atoms with van der Waals surface area (Å²) < 4.78 is 1.56. The maximum Gasteiger partial charge on any atom is 0.274 e. The molecule has 1 fully saturated rings. The van der Waals surface area contributed by atoms with Crippen LogP contribution in [0.15, 0.2) is 6.20 Å². The molecule has 5 nitrogen and oxygen atoms in total. The topological polar surface area (TPSA) is 64.2 Å². The molecule has 17 heavy (non-hydrogen) atoms. The molecule has 1 aliphatic rings. The second-order valence-electron chi connectivity index (χ2n) is 4.77. The van der Waals surface area contributed by atoms with Crippen molar-refractivity contribution in [2.45, 2.75) is 26.2 Å². The third-order valence-corrected chi connectivity index (χ3v) is 3.13. The molecule has 0 unspecified atom stereocenters. The number of nitrogens with two attached hydrogens (primary N) is 1. The zero-order valence-corrected chi connectivity index (χ0v) is 10.5. The van der Waals surface area contributed by atoms with Gasteiger partial charge < -0.3 is 10.6 Å². The largest absolute Gasteiger partial charge is 0.396 e. The first-order valence-corrected chi connectivity index (χ1v) is 6.20. The van der Waals surface area contributed by atoms with Gasteiger partial charge in [0.2, 0.25) is 0 Å². The second kappa shape index (κ2) is 4.77. The van der Waals surface area contributed by atoms with E-state index in [0.29, 0.717) is 17.3 Å². The Balaban J connectivity index is 2.14. The lowest BCUT2D eigenvalue weighted by Gasteiger charge is -2.22. The highest BCUT2D eigenvalue weighted by Gasteiger charge is 2.28. The van der Waals surface area contributed by atoms with Crippen LogP contribution in [-0.2, 0) is 7.05 Å². The Morgan fingerprint density at radius 1 is 1.65 bits per heavy atom. The van der Waals surface area contributed by atoms with Gasteiger partial charge in [-0.15, -0.1) is 0 Å². The van der Waals surface area contributed by atoms with Gasteiger partial charge in [0.25, 0.3) is 5.91 Å². The molecule has 5 heteroatoms. The van der Waals surface area contributed by atoms with Gasteiger partial charge in [0.15, 0.2) is 0 Å². The van der Waals surface area contributed by atoms with Crippen molar-refractivity contribution in [3.05, 3.63) is 11.9 Å². The molecule has 0 aliphatic heterocycles. The molecule has 2 N–H and O–H groups in total. The van der Waals surface area contributed by atoms with Crippen LogP contribution < -0.4 is 5.73 Å². The highest BCUT2D eigenvalue weighted by molar-refractivity contribution is 5.97. The van der Waals surface area contributed by atoms with Crippen LogP contribution in [0, 0.1) is 5.92 Å². The maximum absolute atomic E-state index is 12.4. The van der Waals surface area contributed by atoms with Gasteiger partial charge in [-0.05, 0) is 25.2 Å². The van der Waals surface area contributed by atoms with E-state index in [0.717, 1.165) is 19.5 Å². The highest BCUT2D eigenvalue weighted by atomic mass is 16.2. The van der Waals surface area contributed by atoms with Crippen LogP contribution in [0.2, 0.25) is 0 Å². The number of carbonyl (C=O) groups is 1. The highest BCUT2D eigenvalue weighted by Crippen LogP contribution is 2.30. The molecule has 0 atom stereocenters. The summed E-state index contributed by atoms with van der Waals surface area (Å²) in [5.74, 6) is 0.705. The molecule has 1 saturated carbocycles. The summed E-state index contributed by atoms with van der Waals surface area (Å²) in [4.78, 5) is 14.3. The Morgan fingerprint density at radius 2 is 2.35 bits per heavy atom. The minimum absolute atomic E-state index is 0.0104. The number of rotatable bonds is 5. The molecule has 1 amide bonds. The average Bonchev–Trinajstić information content (AvgIpc) is 3.04. The van der Waals surface area contributed by atoms with E-state index in [1.165, 1.54) is 19.0 Å². The van der Waals surface area contributed by atoms with Crippen LogP contribution in [0.4, 0.5) is 5.69 Å². The van der Waals surface area contributed by atoms with Gasteiger partial charge in [-0.2, -0.15) is 5.10 Å². The first-order chi connectivity index (χ1) is 8.13. The van der Waals surface area contributed by atoms with E-state index in [-0.39, 0.29) is 5.91 Å². The molecule has 1 aliphatic carbocycles. The second-order valence-corrected chi connectivity index (χ2v) is 4.77. The summed E-state index contributed by atoms with van der Waals surface area (Å²) in [6.07, 6.45) is 4.99. The third kappa shape index (κ3) is 2.60. The number of amides is 1. The van der Waals surface area contributed by atoms with Gasteiger partial charge in [0, 0.05) is 20.1 Å². The van der Waals surface area contributed by atoms with E-state index < -0.39 is 0 Å². The van der Waals surface area contributed by atoms with Crippen LogP contribution in [0.25, 0.3) is 0 Å². The van der Waals surface area contributed by atoms with Crippen molar-refractivity contribution in [1.82, 2.24) is 14.7 Å². The average molecular weight is 236 g/mol. The smallest absolute Gasteiger partial charge is 0.274 e. The maximum atomic E-state index is 12.4. The molecule has 1 heterocycles. The quantitative estimate of drug-likeness (QED) is 0.837. The predicted octanol–water partition coefficient (Wildman–Crippen LogP) is 1.26. The van der Waals surface area contributed by atoms with Gasteiger partial charge in [-0.3, -0.25) is 9.48 Å². The molecule has 0 saturated heterocycles. The Labute approximate surface area is 102 Å². The third-order valence-electron chi connectivity index (χ3n) is 3.13. The summed E-state index contributed by atoms with van der Waals surface area (Å²) in [6, 6.07) is 0. The van der Waals surface area contributed by atoms with Gasteiger partial charge in [0.1, 0.15) is 5.69 Å². The molecule has 94 valence electrons. The molecule has 1 aromatic rings. The van der Waals surface area contributed by atoms with Crippen molar-refractivity contribution in [3.63, 3.8) is 0 Å². The van der Waals surface area contributed by atoms with E-state index in [1.54, 1.807) is 11.7 Å². The summed E-state index contributed by atoms with van der Waals surface area (Å²) in [6.45, 7) is 3.73. The Hall–Kier alpha value is -1.52. The number of carbonyl (C=O) groups excluding carboxylic acids is 1. The van der Waals surface area contributed by atoms with E-state index in [1.807, 2.05) is 4.90 Å². The first-order valence-electron chi connectivity index (χ1n) is 6.20. The summed E-state index contributed by atoms with van der Waals surface area (Å²) >= 11 is 0. The fourth-order valence-electron chi connectivity index (χ4n) is 2.02. The van der Waals surface area contributed by atoms with Crippen molar-refractivity contribution < 1.29 is 4.79 Å². The molecule has 0 aromatic carbocycles. The van der Waals surface area contributed by atoms with Crippen molar-refractivity contribution >= 4 is 11.6 Å². The lowest BCUT2D eigenvalue weighted by atomic mass is 10.2. The molecular formula is C12H20N4O. The van der Waals surface area contributed by atoms with Crippen LogP contribution >= 0.6 is 0 Å². The van der Waals surface area contributed by atoms with Crippen LogP contribution in [0.3, 0.4) is 0 Å². The number of aryl methyl sites for hydroxylation is 1. The van der Waals surface area contributed by atoms with Crippen LogP contribution in [-0.4, -0.2) is 33.7 Å². The zero-order valence-electron chi connectivity index (χ0n) is 10.5. The van der Waals surface area contributed by atoms with Crippen molar-refractivity contribution in [2.75, 3.05) is 18.8 Å². The Bertz CT molecular complexity index is 389. The fourth-order valence-corrected chi connectivity index (χ4v) is 2.02. The van der Waals surface area contributed by atoms with Gasteiger partial charge in [0.05, 0.1) is 11.9 Å². The zero-order chi connectivity index (χ0) is 12.4. The van der Waals surface area contributed by atoms with E-state index >= 15 is 0 Å². The number of nitrogen functional groups attached to an aromatic ring is 1. The van der Waals surface area contributed by atoms with Crippen molar-refractivity contribution in [3.8, 4) is 0 Å². The minimum atomic E-state index is 0.0104. The molecule has 0 spiro atoms. The molecular weight excluding hydrogens is 216 g/mol. The Morgan fingerprint density at radius 3 is 2.82 bits per heavy atom. The SMILES string of the molecule is CCCN(CC1CC1)C(=O)c1c(N)cnn1C. The van der Waals surface area contributed by atoms with E-state index in [9.17, 15) is 4.79 Å². The summed E-state index contributed by atoms with van der Waals surface area (Å²) in [5, 5.41) is 4.02. The number of hydrogen-bond acceptors (Lipinski definition) is 3. The first kappa shape index (κ1) is 12.0. The monoisotopic (exact) mass is 236 g/mol. The lowest BCUT2D eigenvalue weighted by molar-refractivity contribution is 0.0737. The van der Waals surface area contributed by atoms with Gasteiger partial charge in [-0.25, -0.2) is 0 Å². The number of aromatic nitrogens is 2. The predicted molar refractivity (Wildman–Crippen MR) is 66.5 cm³/mol. The number of nitrogens with zero attached hydrogens (tertiary/aromatic N) is 3. The van der Waals surface area contributed by atoms with Crippen molar-refractivity contribution in [2.24, 2.45) is 13.0 Å². The van der Waals surface area contributed by atoms with Gasteiger partial charge in [-0.1, -0.05) is 6.92 Å². The van der Waals surface area contributed by atoms with E-state index in [2.05, 4.69) is 12.0 Å². The Kier molecular flexibility index (Phi) is 3.36. The molecule has 1 aromatic heterocycles. The standard InChI is InChI=1S/C12H20N4O/c1-3-6-16(8-9-4-5-9)12(17)11-10(13)7-14-15(11)2/h7,9H,3-6,8,13H2,1-2H3. The van der Waals surface area contributed by atoms with E-state index in [4.69, 9.17) is 5.73 Å². The number of anilines is 1. The summed E-state index contributed by atoms with van der Waals surface area (Å²) in [5.41, 5.74) is 6.77. The van der Waals surface area contributed by atoms with Crippen LogP contribution in [0.1, 0.15) is 36.7 Å². The van der Waals surface area contributed by atoms with Gasteiger partial charge >= 0.3 is 0 Å². The molecule has 0 radical (unpaired) electrons. The molecule has 2 rings (SSSR count). The van der Waals surface area contributed by atoms with Crippen molar-refractivity contribution in [1.29, 1.82) is 0 Å². The number of hydrogen-bond donors (Lipinski definition) is 1. The van der Waals surface area contributed by atoms with Crippen LogP contribution in [0.5, 0.6) is 0 Å². The lowest BCUT2D eigenvalue weighted by Crippen LogP contribution is -2.35. The minimum Gasteiger partial charge on any atom is -0.396 e. The molecule has 0 bridgehead atoms. The fraction of sp³-hybridized carbons (Fsp3) is 0.667.